The normalized spacial score (nSPS) is 10.2. The van der Waals surface area contributed by atoms with Crippen LogP contribution in [-0.4, -0.2) is 21.3 Å². The van der Waals surface area contributed by atoms with E-state index in [0.717, 1.165) is 11.1 Å². The molecule has 0 aliphatic carbocycles. The molecule has 0 radical (unpaired) electrons. The second kappa shape index (κ2) is 3.53. The molecule has 5 heteroatoms. The smallest absolute Gasteiger partial charge is 0.393 e. The van der Waals surface area contributed by atoms with Crippen LogP contribution in [0.4, 0.5) is 0 Å². The van der Waals surface area contributed by atoms with Crippen molar-refractivity contribution in [2.75, 3.05) is 0 Å². The first-order chi connectivity index (χ1) is 7.16. The van der Waals surface area contributed by atoms with Crippen molar-refractivity contribution < 1.29 is 14.3 Å². The maximum absolute atomic E-state index is 10.5. The zero-order chi connectivity index (χ0) is 10.8. The van der Waals surface area contributed by atoms with E-state index in [4.69, 9.17) is 9.52 Å². The number of carboxylic acids is 1. The fourth-order valence-corrected chi connectivity index (χ4v) is 1.20. The predicted molar refractivity (Wildman–Crippen MR) is 51.4 cm³/mol. The van der Waals surface area contributed by atoms with E-state index in [1.54, 1.807) is 6.07 Å². The molecule has 5 nitrogen and oxygen atoms in total. The molecule has 76 valence electrons. The maximum Gasteiger partial charge on any atom is 0.393 e. The van der Waals surface area contributed by atoms with E-state index < -0.39 is 11.9 Å². The van der Waals surface area contributed by atoms with E-state index in [1.807, 2.05) is 25.1 Å². The maximum atomic E-state index is 10.5. The number of nitrogens with zero attached hydrogens (tertiary/aromatic N) is 2. The first-order valence-corrected chi connectivity index (χ1v) is 4.30. The predicted octanol–water partition coefficient (Wildman–Crippen LogP) is 1.74. The molecule has 0 saturated carbocycles. The van der Waals surface area contributed by atoms with E-state index in [-0.39, 0.29) is 5.89 Å². The van der Waals surface area contributed by atoms with Gasteiger partial charge in [0, 0.05) is 5.56 Å². The van der Waals surface area contributed by atoms with Gasteiger partial charge in [-0.1, -0.05) is 17.7 Å². The Balaban J connectivity index is 2.41. The van der Waals surface area contributed by atoms with E-state index in [2.05, 4.69) is 10.2 Å². The summed E-state index contributed by atoms with van der Waals surface area (Å²) < 4.78 is 4.96. The van der Waals surface area contributed by atoms with Crippen molar-refractivity contribution in [3.63, 3.8) is 0 Å². The Labute approximate surface area is 85.4 Å². The highest BCUT2D eigenvalue weighted by molar-refractivity contribution is 5.82. The highest BCUT2D eigenvalue weighted by atomic mass is 16.4. The van der Waals surface area contributed by atoms with Gasteiger partial charge in [-0.2, -0.15) is 0 Å². The zero-order valence-corrected chi connectivity index (χ0v) is 7.97. The van der Waals surface area contributed by atoms with Crippen molar-refractivity contribution >= 4 is 5.97 Å². The Morgan fingerprint density at radius 3 is 2.80 bits per heavy atom. The molecule has 0 bridgehead atoms. The monoisotopic (exact) mass is 204 g/mol. The average Bonchev–Trinajstić information content (AvgIpc) is 2.66. The number of hydrogen-bond acceptors (Lipinski definition) is 4. The third-order valence-corrected chi connectivity index (χ3v) is 1.87. The summed E-state index contributed by atoms with van der Waals surface area (Å²) in [5.74, 6) is -1.40. The third-order valence-electron chi connectivity index (χ3n) is 1.87. The summed E-state index contributed by atoms with van der Waals surface area (Å²) in [5, 5.41) is 15.7. The van der Waals surface area contributed by atoms with Crippen LogP contribution in [0.1, 0.15) is 16.2 Å². The van der Waals surface area contributed by atoms with Gasteiger partial charge in [0.05, 0.1) is 0 Å². The highest BCUT2D eigenvalue weighted by Crippen LogP contribution is 2.18. The van der Waals surface area contributed by atoms with Crippen LogP contribution in [0.2, 0.25) is 0 Å². The zero-order valence-electron chi connectivity index (χ0n) is 7.97. The van der Waals surface area contributed by atoms with Crippen LogP contribution < -0.4 is 0 Å². The van der Waals surface area contributed by atoms with Gasteiger partial charge in [-0.25, -0.2) is 4.79 Å². The molecule has 0 amide bonds. The van der Waals surface area contributed by atoms with E-state index in [9.17, 15) is 4.79 Å². The molecular formula is C10H8N2O3. The van der Waals surface area contributed by atoms with Crippen LogP contribution in [0.15, 0.2) is 28.7 Å². The number of carboxylic acid groups (broad SMARTS) is 1. The minimum atomic E-state index is -1.22. The Kier molecular flexibility index (Phi) is 2.21. The first-order valence-electron chi connectivity index (χ1n) is 4.30. The van der Waals surface area contributed by atoms with Gasteiger partial charge in [0.25, 0.3) is 0 Å². The lowest BCUT2D eigenvalue weighted by Crippen LogP contribution is -1.95. The number of aromatic carboxylic acids is 1. The topological polar surface area (TPSA) is 76.2 Å². The third kappa shape index (κ3) is 1.85. The summed E-state index contributed by atoms with van der Waals surface area (Å²) in [4.78, 5) is 10.5. The molecule has 0 unspecified atom stereocenters. The summed E-state index contributed by atoms with van der Waals surface area (Å²) in [6, 6.07) is 7.40. The van der Waals surface area contributed by atoms with E-state index in [0.29, 0.717) is 0 Å². The van der Waals surface area contributed by atoms with Gasteiger partial charge < -0.3 is 9.52 Å². The van der Waals surface area contributed by atoms with Crippen LogP contribution in [0.25, 0.3) is 11.5 Å². The molecule has 0 spiro atoms. The molecular weight excluding hydrogens is 196 g/mol. The highest BCUT2D eigenvalue weighted by Gasteiger charge is 2.13. The lowest BCUT2D eigenvalue weighted by Gasteiger charge is -1.95. The SMILES string of the molecule is Cc1cccc(-c2nnc(C(=O)O)o2)c1. The largest absolute Gasteiger partial charge is 0.474 e. The molecule has 0 aliphatic rings. The Morgan fingerprint density at radius 1 is 1.40 bits per heavy atom. The number of carbonyl (C=O) groups is 1. The number of aromatic nitrogens is 2. The molecule has 15 heavy (non-hydrogen) atoms. The fraction of sp³-hybridized carbons (Fsp3) is 0.100. The van der Waals surface area contributed by atoms with Crippen molar-refractivity contribution in [2.24, 2.45) is 0 Å². The van der Waals surface area contributed by atoms with Crippen molar-refractivity contribution in [3.8, 4) is 11.5 Å². The second-order valence-electron chi connectivity index (χ2n) is 3.09. The molecule has 1 aromatic heterocycles. The minimum absolute atomic E-state index is 0.219. The Morgan fingerprint density at radius 2 is 2.20 bits per heavy atom. The molecule has 0 aliphatic heterocycles. The van der Waals surface area contributed by atoms with Crippen LogP contribution >= 0.6 is 0 Å². The van der Waals surface area contributed by atoms with E-state index in [1.165, 1.54) is 0 Å². The summed E-state index contributed by atoms with van der Waals surface area (Å²) in [6.45, 7) is 1.93. The van der Waals surface area contributed by atoms with Gasteiger partial charge in [-0.15, -0.1) is 10.2 Å². The lowest BCUT2D eigenvalue weighted by atomic mass is 10.1. The second-order valence-corrected chi connectivity index (χ2v) is 3.09. The summed E-state index contributed by atoms with van der Waals surface area (Å²) in [7, 11) is 0. The molecule has 0 fully saturated rings. The summed E-state index contributed by atoms with van der Waals surface area (Å²) >= 11 is 0. The number of rotatable bonds is 2. The van der Waals surface area contributed by atoms with Crippen LogP contribution in [0.3, 0.4) is 0 Å². The Hall–Kier alpha value is -2.17. The molecule has 1 aromatic carbocycles. The molecule has 1 N–H and O–H groups in total. The van der Waals surface area contributed by atoms with Gasteiger partial charge in [0.2, 0.25) is 5.89 Å². The molecule has 2 rings (SSSR count). The van der Waals surface area contributed by atoms with Gasteiger partial charge in [0.1, 0.15) is 0 Å². The quantitative estimate of drug-likeness (QED) is 0.806. The molecule has 2 aromatic rings. The fourth-order valence-electron chi connectivity index (χ4n) is 1.20. The molecule has 0 saturated heterocycles. The van der Waals surface area contributed by atoms with Crippen molar-refractivity contribution in [2.45, 2.75) is 6.92 Å². The van der Waals surface area contributed by atoms with Crippen molar-refractivity contribution in [1.29, 1.82) is 0 Å². The van der Waals surface area contributed by atoms with Crippen LogP contribution in [0.5, 0.6) is 0 Å². The lowest BCUT2D eigenvalue weighted by molar-refractivity contribution is 0.0654. The van der Waals surface area contributed by atoms with Crippen LogP contribution in [0, 0.1) is 6.92 Å². The van der Waals surface area contributed by atoms with Gasteiger partial charge in [-0.05, 0) is 19.1 Å². The molecule has 0 atom stereocenters. The first kappa shape index (κ1) is 9.39. The van der Waals surface area contributed by atoms with Gasteiger partial charge in [-0.3, -0.25) is 0 Å². The van der Waals surface area contributed by atoms with Crippen molar-refractivity contribution in [1.82, 2.24) is 10.2 Å². The number of benzene rings is 1. The number of hydrogen-bond donors (Lipinski definition) is 1. The molecule has 1 heterocycles. The van der Waals surface area contributed by atoms with Crippen molar-refractivity contribution in [3.05, 3.63) is 35.7 Å². The standard InChI is InChI=1S/C10H8N2O3/c1-6-3-2-4-7(5-6)8-11-12-9(15-8)10(13)14/h2-5H,1H3,(H,13,14). The summed E-state index contributed by atoms with van der Waals surface area (Å²) in [5.41, 5.74) is 1.76. The Bertz CT molecular complexity index is 505. The van der Waals surface area contributed by atoms with E-state index >= 15 is 0 Å². The van der Waals surface area contributed by atoms with Crippen LogP contribution in [-0.2, 0) is 0 Å². The average molecular weight is 204 g/mol. The summed E-state index contributed by atoms with van der Waals surface area (Å²) in [6.07, 6.45) is 0. The van der Waals surface area contributed by atoms with Gasteiger partial charge >= 0.3 is 11.9 Å². The van der Waals surface area contributed by atoms with Gasteiger partial charge in [0.15, 0.2) is 0 Å². The number of aryl methyl sites for hydroxylation is 1. The minimum Gasteiger partial charge on any atom is -0.474 e.